The molecule has 0 spiro atoms. The van der Waals surface area contributed by atoms with Gasteiger partial charge in [-0.05, 0) is 38.8 Å². The van der Waals surface area contributed by atoms with Crippen LogP contribution in [0.2, 0.25) is 0 Å². The third kappa shape index (κ3) is 5.61. The van der Waals surface area contributed by atoms with Gasteiger partial charge in [0, 0.05) is 7.05 Å². The molecule has 23 heavy (non-hydrogen) atoms. The largest absolute Gasteiger partial charge is 0.481 e. The van der Waals surface area contributed by atoms with E-state index in [1.807, 2.05) is 38.2 Å². The summed E-state index contributed by atoms with van der Waals surface area (Å²) in [6.07, 6.45) is -1.09. The van der Waals surface area contributed by atoms with Crippen LogP contribution in [0.5, 0.6) is 5.75 Å². The molecule has 0 aliphatic rings. The number of carbonyl (C=O) groups is 3. The Morgan fingerprint density at radius 3 is 2.22 bits per heavy atom. The highest BCUT2D eigenvalue weighted by Crippen LogP contribution is 2.24. The van der Waals surface area contributed by atoms with Crippen molar-refractivity contribution in [3.63, 3.8) is 0 Å². The smallest absolute Gasteiger partial charge is 0.344 e. The molecule has 0 radical (unpaired) electrons. The molecule has 0 unspecified atom stereocenters. The van der Waals surface area contributed by atoms with Gasteiger partial charge in [-0.3, -0.25) is 10.1 Å². The molecule has 0 aliphatic carbocycles. The van der Waals surface area contributed by atoms with E-state index in [-0.39, 0.29) is 6.61 Å². The molecule has 7 heteroatoms. The summed E-state index contributed by atoms with van der Waals surface area (Å²) in [5, 5.41) is 4.26. The van der Waals surface area contributed by atoms with Gasteiger partial charge in [-0.25, -0.2) is 9.59 Å². The Morgan fingerprint density at radius 2 is 1.70 bits per heavy atom. The van der Waals surface area contributed by atoms with Crippen molar-refractivity contribution in [3.8, 4) is 5.75 Å². The normalized spacial score (nSPS) is 11.3. The molecule has 0 aromatic heterocycles. The molecule has 1 rings (SSSR count). The molecule has 126 valence electrons. The Morgan fingerprint density at radius 1 is 1.13 bits per heavy atom. The number of hydrogen-bond acceptors (Lipinski definition) is 5. The summed E-state index contributed by atoms with van der Waals surface area (Å²) in [5.41, 5.74) is 2.94. The van der Waals surface area contributed by atoms with Crippen LogP contribution in [-0.2, 0) is 14.3 Å². The van der Waals surface area contributed by atoms with E-state index in [1.54, 1.807) is 0 Å². The average Bonchev–Trinajstić information content (AvgIpc) is 2.45. The van der Waals surface area contributed by atoms with Crippen molar-refractivity contribution in [2.45, 2.75) is 33.8 Å². The van der Waals surface area contributed by atoms with Gasteiger partial charge in [0.15, 0.2) is 12.7 Å². The van der Waals surface area contributed by atoms with E-state index in [2.05, 4.69) is 5.32 Å². The Hall–Kier alpha value is -2.57. The fourth-order valence-corrected chi connectivity index (χ4v) is 2.09. The van der Waals surface area contributed by atoms with Crippen molar-refractivity contribution in [2.75, 3.05) is 13.7 Å². The fourth-order valence-electron chi connectivity index (χ4n) is 2.09. The van der Waals surface area contributed by atoms with Gasteiger partial charge in [0.1, 0.15) is 5.75 Å². The average molecular weight is 322 g/mol. The minimum absolute atomic E-state index is 0.317. The van der Waals surface area contributed by atoms with Gasteiger partial charge in [0.2, 0.25) is 0 Å². The zero-order valence-corrected chi connectivity index (χ0v) is 14.0. The van der Waals surface area contributed by atoms with Crippen molar-refractivity contribution in [3.05, 3.63) is 28.8 Å². The first-order valence-corrected chi connectivity index (χ1v) is 7.17. The number of rotatable bonds is 5. The van der Waals surface area contributed by atoms with Crippen LogP contribution in [0.1, 0.15) is 23.6 Å². The molecule has 1 atom stereocenters. The number of carbonyl (C=O) groups excluding carboxylic acids is 3. The number of ether oxygens (including phenoxy) is 2. The number of benzene rings is 1. The molecule has 3 amide bonds. The maximum Gasteiger partial charge on any atom is 0.344 e. The van der Waals surface area contributed by atoms with Crippen molar-refractivity contribution < 1.29 is 23.9 Å². The number of esters is 1. The van der Waals surface area contributed by atoms with Gasteiger partial charge in [0.25, 0.3) is 5.91 Å². The number of amides is 3. The Balaban J connectivity index is 2.55. The second-order valence-electron chi connectivity index (χ2n) is 5.22. The SMILES string of the molecule is CNC(=O)NC(=O)[C@@H](C)OC(=O)COc1c(C)cc(C)cc1C. The van der Waals surface area contributed by atoms with Crippen LogP contribution >= 0.6 is 0 Å². The summed E-state index contributed by atoms with van der Waals surface area (Å²) in [6.45, 7) is 6.81. The predicted octanol–water partition coefficient (Wildman–Crippen LogP) is 1.38. The molecular formula is C16H22N2O5. The first kappa shape index (κ1) is 18.5. The molecule has 2 N–H and O–H groups in total. The Kier molecular flexibility index (Phi) is 6.56. The van der Waals surface area contributed by atoms with Crippen molar-refractivity contribution in [1.82, 2.24) is 10.6 Å². The standard InChI is InChI=1S/C16H22N2O5/c1-9-6-10(2)14(11(3)7-9)22-8-13(19)23-12(4)15(20)18-16(21)17-5/h6-7,12H,8H2,1-5H3,(H2,17,18,20,21)/t12-/m1/s1. The van der Waals surface area contributed by atoms with E-state index in [0.717, 1.165) is 16.7 Å². The van der Waals surface area contributed by atoms with Crippen LogP contribution in [0, 0.1) is 20.8 Å². The highest BCUT2D eigenvalue weighted by Gasteiger charge is 2.20. The molecule has 0 heterocycles. The third-order valence-corrected chi connectivity index (χ3v) is 3.08. The minimum atomic E-state index is -1.09. The lowest BCUT2D eigenvalue weighted by Crippen LogP contribution is -2.43. The molecule has 0 fully saturated rings. The van der Waals surface area contributed by atoms with Crippen molar-refractivity contribution >= 4 is 17.9 Å². The highest BCUT2D eigenvalue weighted by atomic mass is 16.6. The fraction of sp³-hybridized carbons (Fsp3) is 0.438. The van der Waals surface area contributed by atoms with Gasteiger partial charge >= 0.3 is 12.0 Å². The second-order valence-corrected chi connectivity index (χ2v) is 5.22. The van der Waals surface area contributed by atoms with E-state index < -0.39 is 24.0 Å². The van der Waals surface area contributed by atoms with Crippen LogP contribution in [0.25, 0.3) is 0 Å². The monoisotopic (exact) mass is 322 g/mol. The van der Waals surface area contributed by atoms with Gasteiger partial charge in [-0.1, -0.05) is 17.7 Å². The van der Waals surface area contributed by atoms with Gasteiger partial charge in [-0.2, -0.15) is 0 Å². The lowest BCUT2D eigenvalue weighted by Gasteiger charge is -2.15. The van der Waals surface area contributed by atoms with E-state index in [0.29, 0.717) is 5.75 Å². The Bertz CT molecular complexity index is 589. The van der Waals surface area contributed by atoms with Crippen molar-refractivity contribution in [2.24, 2.45) is 0 Å². The number of aryl methyl sites for hydroxylation is 3. The van der Waals surface area contributed by atoms with Crippen molar-refractivity contribution in [1.29, 1.82) is 0 Å². The maximum atomic E-state index is 11.7. The second kappa shape index (κ2) is 8.17. The van der Waals surface area contributed by atoms with E-state index >= 15 is 0 Å². The van der Waals surface area contributed by atoms with Crippen LogP contribution in [0.3, 0.4) is 0 Å². The van der Waals surface area contributed by atoms with Gasteiger partial charge in [-0.15, -0.1) is 0 Å². The molecule has 0 bridgehead atoms. The topological polar surface area (TPSA) is 93.7 Å². The summed E-state index contributed by atoms with van der Waals surface area (Å²) in [6, 6.07) is 3.24. The lowest BCUT2D eigenvalue weighted by atomic mass is 10.1. The predicted molar refractivity (Wildman–Crippen MR) is 84.3 cm³/mol. The lowest BCUT2D eigenvalue weighted by molar-refractivity contribution is -0.156. The summed E-state index contributed by atoms with van der Waals surface area (Å²) in [5.74, 6) is -0.778. The molecule has 0 aliphatic heterocycles. The van der Waals surface area contributed by atoms with E-state index in [4.69, 9.17) is 9.47 Å². The molecule has 1 aromatic carbocycles. The number of hydrogen-bond donors (Lipinski definition) is 2. The summed E-state index contributed by atoms with van der Waals surface area (Å²) >= 11 is 0. The first-order valence-electron chi connectivity index (χ1n) is 7.17. The maximum absolute atomic E-state index is 11.7. The molecule has 7 nitrogen and oxygen atoms in total. The van der Waals surface area contributed by atoms with Gasteiger partial charge in [0.05, 0.1) is 0 Å². The summed E-state index contributed by atoms with van der Waals surface area (Å²) in [4.78, 5) is 34.3. The third-order valence-electron chi connectivity index (χ3n) is 3.08. The number of imide groups is 1. The zero-order valence-electron chi connectivity index (χ0n) is 14.0. The molecule has 0 saturated carbocycles. The number of nitrogens with one attached hydrogen (secondary N) is 2. The van der Waals surface area contributed by atoms with Crippen LogP contribution < -0.4 is 15.4 Å². The Labute approximate surface area is 135 Å². The van der Waals surface area contributed by atoms with E-state index in [9.17, 15) is 14.4 Å². The minimum Gasteiger partial charge on any atom is -0.481 e. The van der Waals surface area contributed by atoms with Gasteiger partial charge < -0.3 is 14.8 Å². The highest BCUT2D eigenvalue weighted by molar-refractivity contribution is 5.97. The van der Waals surface area contributed by atoms with Crippen LogP contribution in [0.4, 0.5) is 4.79 Å². The number of urea groups is 1. The first-order chi connectivity index (χ1) is 10.7. The van der Waals surface area contributed by atoms with E-state index in [1.165, 1.54) is 14.0 Å². The quantitative estimate of drug-likeness (QED) is 0.799. The summed E-state index contributed by atoms with van der Waals surface area (Å²) < 4.78 is 10.4. The molecule has 0 saturated heterocycles. The summed E-state index contributed by atoms with van der Waals surface area (Å²) in [7, 11) is 1.37. The molecule has 1 aromatic rings. The molecular weight excluding hydrogens is 300 g/mol. The zero-order chi connectivity index (χ0) is 17.6. The van der Waals surface area contributed by atoms with Crippen LogP contribution in [0.15, 0.2) is 12.1 Å². The van der Waals surface area contributed by atoms with Crippen LogP contribution in [-0.4, -0.2) is 37.7 Å².